The second-order valence-corrected chi connectivity index (χ2v) is 15.7. The van der Waals surface area contributed by atoms with Gasteiger partial charge in [-0.05, 0) is 52.9 Å². The molecule has 4 aromatic rings. The molecule has 3 fully saturated rings. The average Bonchev–Trinajstić information content (AvgIpc) is 3.80. The van der Waals surface area contributed by atoms with Gasteiger partial charge in [-0.25, -0.2) is 19.1 Å². The molecule has 0 aliphatic carbocycles. The van der Waals surface area contributed by atoms with Crippen molar-refractivity contribution >= 4 is 19.8 Å². The number of urea groups is 1. The van der Waals surface area contributed by atoms with E-state index in [0.29, 0.717) is 22.6 Å². The fourth-order valence-corrected chi connectivity index (χ4v) is 8.43. The number of benzene rings is 3. The van der Waals surface area contributed by atoms with Crippen LogP contribution in [0.15, 0.2) is 95.9 Å². The number of hydrogen-bond donors (Lipinski definition) is 3. The zero-order valence-corrected chi connectivity index (χ0v) is 36.2. The molecule has 3 aromatic carbocycles. The van der Waals surface area contributed by atoms with Crippen LogP contribution in [0.3, 0.4) is 0 Å². The Hall–Kier alpha value is -4.17. The number of aliphatic hydroxyl groups excluding tert-OH is 1. The summed E-state index contributed by atoms with van der Waals surface area (Å²) in [6, 6.07) is 24.4. The molecule has 7 rings (SSSR count). The third-order valence-corrected chi connectivity index (χ3v) is 11.6. The van der Waals surface area contributed by atoms with Gasteiger partial charge in [0.25, 0.3) is 0 Å². The summed E-state index contributed by atoms with van der Waals surface area (Å²) in [6.45, 7) is 0.818. The Morgan fingerprint density at radius 2 is 1.47 bits per heavy atom. The fourth-order valence-electron chi connectivity index (χ4n) is 7.47. The molecule has 60 heavy (non-hydrogen) atoms. The van der Waals surface area contributed by atoms with Crippen molar-refractivity contribution < 1.29 is 91.5 Å². The van der Waals surface area contributed by atoms with Crippen LogP contribution < -0.4 is 55.1 Å². The average molecular weight is 859 g/mol. The summed E-state index contributed by atoms with van der Waals surface area (Å²) in [4.78, 5) is 53.1. The number of phosphoric acid groups is 1. The number of aliphatic hydroxyl groups is 1. The minimum Gasteiger partial charge on any atom is -0.858 e. The van der Waals surface area contributed by atoms with Crippen molar-refractivity contribution in [3.63, 3.8) is 0 Å². The Kier molecular flexibility index (Phi) is 14.6. The molecule has 8 atom stereocenters. The zero-order chi connectivity index (χ0) is 41.9. The van der Waals surface area contributed by atoms with Gasteiger partial charge < -0.3 is 38.8 Å². The van der Waals surface area contributed by atoms with Gasteiger partial charge in [-0.1, -0.05) is 61.5 Å². The molecule has 1 aromatic heterocycles. The number of nitrogens with one attached hydrogen (secondary N) is 1. The first-order valence-electron chi connectivity index (χ1n) is 18.8. The van der Waals surface area contributed by atoms with E-state index in [-0.39, 0.29) is 55.6 Å². The topological polar surface area (TPSA) is 229 Å². The second-order valence-electron chi connectivity index (χ2n) is 14.3. The van der Waals surface area contributed by atoms with E-state index in [0.717, 1.165) is 16.2 Å². The Labute approximate surface area is 367 Å². The van der Waals surface area contributed by atoms with Crippen molar-refractivity contribution in [2.24, 2.45) is 5.92 Å². The van der Waals surface area contributed by atoms with Crippen LogP contribution in [0.25, 0.3) is 0 Å². The Balaban J connectivity index is 0.00000604. The smallest absolute Gasteiger partial charge is 0.858 e. The molecule has 0 bridgehead atoms. The zero-order valence-electron chi connectivity index (χ0n) is 33.3. The summed E-state index contributed by atoms with van der Waals surface area (Å²) < 4.78 is 55.9. The van der Waals surface area contributed by atoms with Gasteiger partial charge >= 0.3 is 49.1 Å². The standard InChI is InChI=1S/C40H45N4O14P.Na/c1-24-21-44(39(49)42-37(24)47)35-19-30(45)32(56-35)23-55-59(50,51)58-31-20-36(43-18-17-34(46)41-38(43)48)57-33(31)22-54-40(25-7-5-4-6-8-25,26-9-13-28(52-2)14-10-26)27-11-15-29(53-3)16-12-27;/h4-18,24,30-33,35-36,45H,19-23H2,1-3H3,(H,50,51)(H,41,46,48)(H,42,47,49);/q;+1/p-1/t24?,30-,31-,32+,33+,35+,36+;/m0./s1. The number of rotatable bonds is 15. The van der Waals surface area contributed by atoms with Crippen molar-refractivity contribution in [3.05, 3.63) is 118 Å². The molecule has 3 amide bonds. The molecule has 3 N–H and O–H groups in total. The number of ether oxygens (including phenoxy) is 5. The number of phosphoric ester groups is 1. The van der Waals surface area contributed by atoms with Crippen LogP contribution >= 0.6 is 7.82 Å². The molecule has 4 heterocycles. The summed E-state index contributed by atoms with van der Waals surface area (Å²) in [5, 5.41) is 24.9. The van der Waals surface area contributed by atoms with Crippen LogP contribution in [0.4, 0.5) is 4.79 Å². The number of nitrogens with zero attached hydrogens (tertiary/aromatic N) is 3. The van der Waals surface area contributed by atoms with E-state index >= 15 is 0 Å². The van der Waals surface area contributed by atoms with Crippen molar-refractivity contribution in [3.8, 4) is 17.4 Å². The van der Waals surface area contributed by atoms with Gasteiger partial charge in [-0.2, -0.15) is 0 Å². The SMILES string of the molecule is COc1ccc(C(OC[C@H]2O[C@@H](n3ccc([O-])nc3=O)C[C@@H]2OP(=O)(O)OC[C@H]2O[C@@H](N3CC(C)C(=O)NC3=O)C[C@@H]2O)(c2ccccc2)c2ccc(OC)cc2)cc1.[Na+]. The molecule has 18 nitrogen and oxygen atoms in total. The number of carbonyl (C=O) groups is 2. The second kappa shape index (κ2) is 19.3. The predicted molar refractivity (Wildman–Crippen MR) is 204 cm³/mol. The predicted octanol–water partition coefficient (Wildman–Crippen LogP) is -0.200. The Bertz CT molecular complexity index is 2170. The summed E-state index contributed by atoms with van der Waals surface area (Å²) >= 11 is 0. The molecule has 2 unspecified atom stereocenters. The summed E-state index contributed by atoms with van der Waals surface area (Å²) in [6.07, 6.45) is -5.70. The summed E-state index contributed by atoms with van der Waals surface area (Å²) in [5.74, 6) is -0.479. The maximum absolute atomic E-state index is 13.7. The first kappa shape index (κ1) is 45.4. The number of carbonyl (C=O) groups excluding carboxylic acids is 2. The normalized spacial score (nSPS) is 25.3. The van der Waals surface area contributed by atoms with Crippen LogP contribution in [0.1, 0.15) is 42.7 Å². The van der Waals surface area contributed by atoms with Gasteiger partial charge in [0.05, 0.1) is 39.5 Å². The molecule has 314 valence electrons. The van der Waals surface area contributed by atoms with Gasteiger partial charge in [0, 0.05) is 25.6 Å². The van der Waals surface area contributed by atoms with Crippen LogP contribution in [0.2, 0.25) is 0 Å². The maximum Gasteiger partial charge on any atom is 1.00 e. The first-order chi connectivity index (χ1) is 28.3. The quantitative estimate of drug-likeness (QED) is 0.0799. The van der Waals surface area contributed by atoms with Crippen molar-refractivity contribution in [1.82, 2.24) is 19.8 Å². The van der Waals surface area contributed by atoms with Crippen LogP contribution in [0, 0.1) is 5.92 Å². The molecule has 0 radical (unpaired) electrons. The van der Waals surface area contributed by atoms with Gasteiger partial charge in [0.1, 0.15) is 47.9 Å². The van der Waals surface area contributed by atoms with Gasteiger partial charge in [-0.15, -0.1) is 0 Å². The molecule has 0 saturated carbocycles. The molecular weight excluding hydrogens is 814 g/mol. The molecule has 20 heteroatoms. The van der Waals surface area contributed by atoms with Crippen molar-refractivity contribution in [1.29, 1.82) is 0 Å². The van der Waals surface area contributed by atoms with Crippen LogP contribution in [0.5, 0.6) is 17.4 Å². The molecule has 3 saturated heterocycles. The van der Waals surface area contributed by atoms with Crippen LogP contribution in [-0.2, 0) is 38.2 Å². The summed E-state index contributed by atoms with van der Waals surface area (Å²) in [7, 11) is -1.86. The minimum atomic E-state index is -4.98. The number of amides is 3. The van der Waals surface area contributed by atoms with E-state index in [1.165, 1.54) is 11.1 Å². The molecular formula is C40H44N4NaO14P. The number of hydrogen-bond acceptors (Lipinski definition) is 14. The fraction of sp³-hybridized carbons (Fsp3) is 0.400. The van der Waals surface area contributed by atoms with E-state index in [4.69, 9.17) is 32.7 Å². The van der Waals surface area contributed by atoms with Crippen LogP contribution in [-0.4, -0.2) is 101 Å². The van der Waals surface area contributed by atoms with Gasteiger partial charge in [0.2, 0.25) is 5.91 Å². The number of imide groups is 1. The molecule has 0 spiro atoms. The minimum absolute atomic E-state index is 0. The molecule has 3 aliphatic rings. The number of methoxy groups -OCH3 is 2. The Morgan fingerprint density at radius 1 is 0.867 bits per heavy atom. The summed E-state index contributed by atoms with van der Waals surface area (Å²) in [5.41, 5.74) is -0.107. The number of aromatic nitrogens is 2. The van der Waals surface area contributed by atoms with Crippen molar-refractivity contribution in [2.45, 2.75) is 62.2 Å². The molecule has 3 aliphatic heterocycles. The van der Waals surface area contributed by atoms with Gasteiger partial charge in [0.15, 0.2) is 0 Å². The Morgan fingerprint density at radius 3 is 2.07 bits per heavy atom. The van der Waals surface area contributed by atoms with E-state index in [9.17, 15) is 34.1 Å². The van der Waals surface area contributed by atoms with E-state index < -0.39 is 86.3 Å². The van der Waals surface area contributed by atoms with Gasteiger partial charge in [-0.3, -0.25) is 28.6 Å². The monoisotopic (exact) mass is 858 g/mol. The first-order valence-corrected chi connectivity index (χ1v) is 20.3. The third-order valence-electron chi connectivity index (χ3n) is 10.6. The van der Waals surface area contributed by atoms with E-state index in [2.05, 4.69) is 10.3 Å². The van der Waals surface area contributed by atoms with E-state index in [1.54, 1.807) is 45.4 Å². The van der Waals surface area contributed by atoms with Crippen molar-refractivity contribution in [2.75, 3.05) is 34.0 Å². The maximum atomic E-state index is 13.7. The largest absolute Gasteiger partial charge is 1.00 e. The third kappa shape index (κ3) is 9.80. The van der Waals surface area contributed by atoms with E-state index in [1.807, 2.05) is 54.6 Å².